The Balaban J connectivity index is 1.72. The van der Waals surface area contributed by atoms with Crippen LogP contribution in [0.3, 0.4) is 0 Å². The molecule has 1 aromatic carbocycles. The molecule has 0 saturated heterocycles. The first kappa shape index (κ1) is 17.0. The lowest BCUT2D eigenvalue weighted by molar-refractivity contribution is -0.115. The Morgan fingerprint density at radius 2 is 2.04 bits per heavy atom. The zero-order valence-electron chi connectivity index (χ0n) is 12.8. The Labute approximate surface area is 139 Å². The van der Waals surface area contributed by atoms with Gasteiger partial charge in [-0.15, -0.1) is 0 Å². The molecule has 1 aromatic heterocycles. The summed E-state index contributed by atoms with van der Waals surface area (Å²) in [5, 5.41) is 7.86. The molecule has 3 N–H and O–H groups in total. The third kappa shape index (κ3) is 6.07. The van der Waals surface area contributed by atoms with E-state index in [4.69, 9.17) is 4.42 Å². The van der Waals surface area contributed by atoms with Crippen LogP contribution in [0.4, 0.5) is 10.5 Å². The van der Waals surface area contributed by atoms with Crippen LogP contribution in [-0.2, 0) is 17.1 Å². The van der Waals surface area contributed by atoms with Gasteiger partial charge >= 0.3 is 6.03 Å². The highest BCUT2D eigenvalue weighted by molar-refractivity contribution is 7.97. The molecule has 2 rings (SSSR count). The van der Waals surface area contributed by atoms with Crippen molar-refractivity contribution >= 4 is 29.4 Å². The minimum absolute atomic E-state index is 0.100. The topological polar surface area (TPSA) is 83.4 Å². The van der Waals surface area contributed by atoms with E-state index >= 15 is 0 Å². The second-order valence-electron chi connectivity index (χ2n) is 4.80. The van der Waals surface area contributed by atoms with E-state index < -0.39 is 6.03 Å². The highest BCUT2D eigenvalue weighted by Gasteiger charge is 2.06. The van der Waals surface area contributed by atoms with E-state index in [0.29, 0.717) is 5.76 Å². The molecule has 1 heterocycles. The van der Waals surface area contributed by atoms with Crippen LogP contribution in [-0.4, -0.2) is 24.7 Å². The van der Waals surface area contributed by atoms with E-state index in [0.717, 1.165) is 17.0 Å². The van der Waals surface area contributed by atoms with Gasteiger partial charge in [0.2, 0.25) is 5.91 Å². The van der Waals surface area contributed by atoms with Crippen LogP contribution in [0.15, 0.2) is 47.1 Å². The summed E-state index contributed by atoms with van der Waals surface area (Å²) in [4.78, 5) is 23.4. The zero-order valence-corrected chi connectivity index (χ0v) is 13.6. The number of nitrogens with one attached hydrogen (secondary N) is 3. The lowest BCUT2D eigenvalue weighted by atomic mass is 10.2. The van der Waals surface area contributed by atoms with Gasteiger partial charge in [0.15, 0.2) is 0 Å². The Kier molecular flexibility index (Phi) is 6.56. The van der Waals surface area contributed by atoms with Gasteiger partial charge in [0.05, 0.1) is 19.4 Å². The molecule has 0 fully saturated rings. The number of thioether (sulfide) groups is 1. The van der Waals surface area contributed by atoms with E-state index in [-0.39, 0.29) is 19.0 Å². The third-order valence-electron chi connectivity index (χ3n) is 2.93. The normalized spacial score (nSPS) is 10.1. The smallest absolute Gasteiger partial charge is 0.315 e. The van der Waals surface area contributed by atoms with Gasteiger partial charge in [-0.05, 0) is 36.1 Å². The van der Waals surface area contributed by atoms with Crippen molar-refractivity contribution < 1.29 is 14.0 Å². The van der Waals surface area contributed by atoms with Crippen molar-refractivity contribution in [2.75, 3.05) is 18.1 Å². The van der Waals surface area contributed by atoms with Gasteiger partial charge in [0.25, 0.3) is 0 Å². The molecule has 0 aliphatic heterocycles. The highest BCUT2D eigenvalue weighted by atomic mass is 32.2. The third-order valence-corrected chi connectivity index (χ3v) is 3.56. The monoisotopic (exact) mass is 333 g/mol. The SMILES string of the molecule is CSCc1cccc(NC(=O)CNC(=O)NCc2ccco2)c1. The largest absolute Gasteiger partial charge is 0.467 e. The molecule has 0 atom stereocenters. The molecule has 0 aliphatic rings. The standard InChI is InChI=1S/C16H19N3O3S/c1-23-11-12-4-2-5-13(8-12)19-15(20)10-18-16(21)17-9-14-6-3-7-22-14/h2-8H,9-11H2,1H3,(H,19,20)(H2,17,18,21). The fourth-order valence-electron chi connectivity index (χ4n) is 1.91. The number of hydrogen-bond donors (Lipinski definition) is 3. The molecule has 23 heavy (non-hydrogen) atoms. The molecule has 0 aliphatic carbocycles. The molecule has 122 valence electrons. The quantitative estimate of drug-likeness (QED) is 0.727. The van der Waals surface area contributed by atoms with Crippen LogP contribution in [0.25, 0.3) is 0 Å². The van der Waals surface area contributed by atoms with Crippen LogP contribution in [0.1, 0.15) is 11.3 Å². The summed E-state index contributed by atoms with van der Waals surface area (Å²) < 4.78 is 5.10. The second kappa shape index (κ2) is 8.89. The molecule has 0 bridgehead atoms. The van der Waals surface area contributed by atoms with E-state index in [9.17, 15) is 9.59 Å². The number of carbonyl (C=O) groups excluding carboxylic acids is 2. The van der Waals surface area contributed by atoms with Gasteiger partial charge < -0.3 is 20.4 Å². The van der Waals surface area contributed by atoms with Crippen molar-refractivity contribution in [1.29, 1.82) is 0 Å². The summed E-state index contributed by atoms with van der Waals surface area (Å²) in [5.41, 5.74) is 1.86. The average Bonchev–Trinajstić information content (AvgIpc) is 3.05. The minimum atomic E-state index is -0.423. The predicted molar refractivity (Wildman–Crippen MR) is 91.2 cm³/mol. The van der Waals surface area contributed by atoms with E-state index in [1.165, 1.54) is 6.26 Å². The molecule has 7 heteroatoms. The van der Waals surface area contributed by atoms with E-state index in [2.05, 4.69) is 16.0 Å². The van der Waals surface area contributed by atoms with Crippen LogP contribution < -0.4 is 16.0 Å². The van der Waals surface area contributed by atoms with Crippen LogP contribution in [0, 0.1) is 0 Å². The van der Waals surface area contributed by atoms with Crippen molar-refractivity contribution in [2.24, 2.45) is 0 Å². The number of amides is 3. The van der Waals surface area contributed by atoms with Crippen molar-refractivity contribution in [3.63, 3.8) is 0 Å². The lowest BCUT2D eigenvalue weighted by Crippen LogP contribution is -2.39. The lowest BCUT2D eigenvalue weighted by Gasteiger charge is -2.09. The summed E-state index contributed by atoms with van der Waals surface area (Å²) >= 11 is 1.72. The van der Waals surface area contributed by atoms with Crippen molar-refractivity contribution in [3.8, 4) is 0 Å². The van der Waals surface area contributed by atoms with Gasteiger partial charge in [0, 0.05) is 11.4 Å². The fraction of sp³-hybridized carbons (Fsp3) is 0.250. The van der Waals surface area contributed by atoms with Crippen LogP contribution in [0.5, 0.6) is 0 Å². The fourth-order valence-corrected chi connectivity index (χ4v) is 2.43. The maximum absolute atomic E-state index is 11.8. The summed E-state index contributed by atoms with van der Waals surface area (Å²) in [6.45, 7) is 0.175. The number of rotatable bonds is 7. The Morgan fingerprint density at radius 1 is 1.17 bits per heavy atom. The molecule has 2 aromatic rings. The molecular weight excluding hydrogens is 314 g/mol. The maximum Gasteiger partial charge on any atom is 0.315 e. The minimum Gasteiger partial charge on any atom is -0.467 e. The van der Waals surface area contributed by atoms with Gasteiger partial charge in [-0.2, -0.15) is 11.8 Å². The number of carbonyl (C=O) groups is 2. The van der Waals surface area contributed by atoms with Crippen molar-refractivity contribution in [2.45, 2.75) is 12.3 Å². The molecule has 0 radical (unpaired) electrons. The zero-order chi connectivity index (χ0) is 16.5. The van der Waals surface area contributed by atoms with Crippen molar-refractivity contribution in [3.05, 3.63) is 54.0 Å². The maximum atomic E-state index is 11.8. The van der Waals surface area contributed by atoms with Gasteiger partial charge in [-0.25, -0.2) is 4.79 Å². The van der Waals surface area contributed by atoms with Gasteiger partial charge in [0.1, 0.15) is 5.76 Å². The van der Waals surface area contributed by atoms with E-state index in [1.54, 1.807) is 23.9 Å². The molecule has 3 amide bonds. The summed E-state index contributed by atoms with van der Waals surface area (Å²) in [6, 6.07) is 10.7. The number of urea groups is 1. The first-order valence-corrected chi connectivity index (χ1v) is 8.48. The number of anilines is 1. The number of hydrogen-bond acceptors (Lipinski definition) is 4. The molecule has 6 nitrogen and oxygen atoms in total. The predicted octanol–water partition coefficient (Wildman–Crippen LogP) is 2.58. The average molecular weight is 333 g/mol. The summed E-state index contributed by atoms with van der Waals surface area (Å²) in [6.07, 6.45) is 3.56. The molecule has 0 saturated carbocycles. The van der Waals surface area contributed by atoms with Crippen molar-refractivity contribution in [1.82, 2.24) is 10.6 Å². The first-order valence-electron chi connectivity index (χ1n) is 7.09. The van der Waals surface area contributed by atoms with Crippen LogP contribution in [0.2, 0.25) is 0 Å². The first-order chi connectivity index (χ1) is 11.2. The summed E-state index contributed by atoms with van der Waals surface area (Å²) in [5.74, 6) is 1.26. The summed E-state index contributed by atoms with van der Waals surface area (Å²) in [7, 11) is 0. The number of benzene rings is 1. The van der Waals surface area contributed by atoms with Gasteiger partial charge in [-0.3, -0.25) is 4.79 Å². The Hall–Kier alpha value is -2.41. The Morgan fingerprint density at radius 3 is 2.78 bits per heavy atom. The Bertz CT molecular complexity index is 644. The second-order valence-corrected chi connectivity index (χ2v) is 5.66. The molecular formula is C16H19N3O3S. The highest BCUT2D eigenvalue weighted by Crippen LogP contribution is 2.14. The van der Waals surface area contributed by atoms with E-state index in [1.807, 2.05) is 30.5 Å². The molecule has 0 spiro atoms. The molecule has 0 unspecified atom stereocenters. The van der Waals surface area contributed by atoms with Crippen LogP contribution >= 0.6 is 11.8 Å². The van der Waals surface area contributed by atoms with Gasteiger partial charge in [-0.1, -0.05) is 12.1 Å². The number of furan rings is 1.